The van der Waals surface area contributed by atoms with Crippen LogP contribution in [0.3, 0.4) is 0 Å². The van der Waals surface area contributed by atoms with Crippen molar-refractivity contribution in [2.24, 2.45) is 5.92 Å². The van der Waals surface area contributed by atoms with Crippen molar-refractivity contribution in [3.63, 3.8) is 0 Å². The molecule has 0 amide bonds. The number of sulfonamides is 1. The molecule has 1 aromatic carbocycles. The monoisotopic (exact) mass is 395 g/mol. The third kappa shape index (κ3) is 5.23. The molecule has 1 saturated heterocycles. The Morgan fingerprint density at radius 3 is 2.77 bits per heavy atom. The molecule has 3 rings (SSSR count). The number of H-pyrrole nitrogens is 1. The van der Waals surface area contributed by atoms with Crippen LogP contribution in [0.1, 0.15) is 18.4 Å². The van der Waals surface area contributed by atoms with Gasteiger partial charge in [-0.25, -0.2) is 17.8 Å². The molecule has 0 unspecified atom stereocenters. The molecule has 1 fully saturated rings. The van der Waals surface area contributed by atoms with Gasteiger partial charge in [-0.2, -0.15) is 4.98 Å². The van der Waals surface area contributed by atoms with Crippen molar-refractivity contribution in [3.8, 4) is 11.4 Å². The highest BCUT2D eigenvalue weighted by Gasteiger charge is 2.21. The van der Waals surface area contributed by atoms with Crippen LogP contribution in [0.15, 0.2) is 24.3 Å². The van der Waals surface area contributed by atoms with Crippen molar-refractivity contribution in [1.82, 2.24) is 24.4 Å². The van der Waals surface area contributed by atoms with Gasteiger partial charge in [-0.3, -0.25) is 10.00 Å². The van der Waals surface area contributed by atoms with E-state index in [4.69, 9.17) is 12.2 Å². The fourth-order valence-corrected chi connectivity index (χ4v) is 3.94. The lowest BCUT2D eigenvalue weighted by atomic mass is 9.99. The minimum Gasteiger partial charge on any atom is -0.284 e. The lowest BCUT2D eigenvalue weighted by molar-refractivity contribution is 0.132. The topological polar surface area (TPSA) is 83.0 Å². The summed E-state index contributed by atoms with van der Waals surface area (Å²) in [6.45, 7) is 4.97. The highest BCUT2D eigenvalue weighted by atomic mass is 32.2. The highest BCUT2D eigenvalue weighted by Crippen LogP contribution is 2.18. The summed E-state index contributed by atoms with van der Waals surface area (Å²) in [4.78, 5) is 6.75. The molecule has 9 heteroatoms. The average Bonchev–Trinajstić information content (AvgIpc) is 2.94. The lowest BCUT2D eigenvalue weighted by Gasteiger charge is -2.32. The SMILES string of the molecule is Cc1ccc(-c2nc(=S)n(CN3CCC[C@@H](CNS(C)(=O)=O)C3)[nH]2)cc1. The maximum atomic E-state index is 11.3. The van der Waals surface area contributed by atoms with Crippen LogP contribution in [0, 0.1) is 17.6 Å². The molecule has 0 bridgehead atoms. The van der Waals surface area contributed by atoms with E-state index >= 15 is 0 Å². The zero-order valence-electron chi connectivity index (χ0n) is 15.1. The third-order valence-electron chi connectivity index (χ3n) is 4.58. The van der Waals surface area contributed by atoms with E-state index in [1.54, 1.807) is 0 Å². The lowest BCUT2D eigenvalue weighted by Crippen LogP contribution is -2.41. The fourth-order valence-electron chi connectivity index (χ4n) is 3.21. The van der Waals surface area contributed by atoms with Crippen LogP contribution in [0.25, 0.3) is 11.4 Å². The predicted octanol–water partition coefficient (Wildman–Crippen LogP) is 2.13. The van der Waals surface area contributed by atoms with Crippen LogP contribution in [0.5, 0.6) is 0 Å². The summed E-state index contributed by atoms with van der Waals surface area (Å²) in [6.07, 6.45) is 3.27. The van der Waals surface area contributed by atoms with Gasteiger partial charge in [-0.1, -0.05) is 29.8 Å². The Morgan fingerprint density at radius 2 is 2.08 bits per heavy atom. The first-order valence-corrected chi connectivity index (χ1v) is 11.0. The molecule has 1 aliphatic rings. The summed E-state index contributed by atoms with van der Waals surface area (Å²) >= 11 is 5.40. The van der Waals surface area contributed by atoms with Gasteiger partial charge in [0.05, 0.1) is 12.9 Å². The molecule has 1 atom stereocenters. The number of aromatic amines is 1. The Labute approximate surface area is 159 Å². The standard InChI is InChI=1S/C17H25N5O2S2/c1-13-5-7-15(8-6-13)16-19-17(25)22(20-16)12-21-9-3-4-14(11-21)10-18-26(2,23)24/h5-8,14,18H,3-4,9-12H2,1-2H3,(H,19,20,25)/t14-/m0/s1. The van der Waals surface area contributed by atoms with E-state index in [-0.39, 0.29) is 0 Å². The summed E-state index contributed by atoms with van der Waals surface area (Å²) < 4.78 is 27.6. The molecule has 0 spiro atoms. The first-order chi connectivity index (χ1) is 12.3. The van der Waals surface area contributed by atoms with Crippen molar-refractivity contribution in [3.05, 3.63) is 34.6 Å². The second-order valence-electron chi connectivity index (χ2n) is 7.00. The minimum atomic E-state index is -3.14. The zero-order chi connectivity index (χ0) is 18.7. The molecule has 2 N–H and O–H groups in total. The molecule has 2 aromatic rings. The van der Waals surface area contributed by atoms with Crippen LogP contribution in [-0.2, 0) is 16.7 Å². The number of likely N-dealkylation sites (tertiary alicyclic amines) is 1. The number of nitrogens with one attached hydrogen (secondary N) is 2. The molecular formula is C17H25N5O2S2. The average molecular weight is 396 g/mol. The molecule has 1 aliphatic heterocycles. The van der Waals surface area contributed by atoms with Crippen molar-refractivity contribution in [2.75, 3.05) is 25.9 Å². The number of piperidine rings is 1. The normalized spacial score (nSPS) is 18.9. The Balaban J connectivity index is 1.65. The van der Waals surface area contributed by atoms with E-state index in [0.29, 0.717) is 23.9 Å². The molecular weight excluding hydrogens is 370 g/mol. The van der Waals surface area contributed by atoms with E-state index in [9.17, 15) is 8.42 Å². The zero-order valence-corrected chi connectivity index (χ0v) is 16.7. The number of benzene rings is 1. The molecule has 0 radical (unpaired) electrons. The van der Waals surface area contributed by atoms with E-state index in [1.165, 1.54) is 11.8 Å². The second kappa shape index (κ2) is 7.99. The Hall–Kier alpha value is -1.55. The largest absolute Gasteiger partial charge is 0.284 e. The number of aromatic nitrogens is 3. The first-order valence-electron chi connectivity index (χ1n) is 8.71. The van der Waals surface area contributed by atoms with Gasteiger partial charge in [0.2, 0.25) is 14.8 Å². The van der Waals surface area contributed by atoms with Gasteiger partial charge in [0.25, 0.3) is 0 Å². The van der Waals surface area contributed by atoms with Crippen LogP contribution < -0.4 is 4.72 Å². The van der Waals surface area contributed by atoms with Crippen LogP contribution in [-0.4, -0.2) is 54.0 Å². The fraction of sp³-hybridized carbons (Fsp3) is 0.529. The van der Waals surface area contributed by atoms with Gasteiger partial charge in [0, 0.05) is 18.7 Å². The summed E-state index contributed by atoms with van der Waals surface area (Å²) in [5, 5.41) is 3.28. The van der Waals surface area contributed by atoms with Gasteiger partial charge in [0.1, 0.15) is 0 Å². The quantitative estimate of drug-likeness (QED) is 0.732. The number of nitrogens with zero attached hydrogens (tertiary/aromatic N) is 3. The Bertz CT molecular complexity index is 902. The van der Waals surface area contributed by atoms with Gasteiger partial charge in [-0.15, -0.1) is 0 Å². The Kier molecular flexibility index (Phi) is 5.91. The molecule has 0 aliphatic carbocycles. The van der Waals surface area contributed by atoms with Crippen molar-refractivity contribution >= 4 is 22.2 Å². The number of aryl methyl sites for hydroxylation is 1. The summed E-state index contributed by atoms with van der Waals surface area (Å²) in [6, 6.07) is 8.16. The molecule has 2 heterocycles. The van der Waals surface area contributed by atoms with Gasteiger partial charge in [-0.05, 0) is 44.4 Å². The van der Waals surface area contributed by atoms with Crippen LogP contribution in [0.4, 0.5) is 0 Å². The summed E-state index contributed by atoms with van der Waals surface area (Å²) in [5.41, 5.74) is 2.21. The van der Waals surface area contributed by atoms with E-state index in [1.807, 2.05) is 16.8 Å². The smallest absolute Gasteiger partial charge is 0.217 e. The number of hydrogen-bond acceptors (Lipinski definition) is 5. The van der Waals surface area contributed by atoms with Crippen molar-refractivity contribution in [1.29, 1.82) is 0 Å². The van der Waals surface area contributed by atoms with Gasteiger partial charge >= 0.3 is 0 Å². The molecule has 7 nitrogen and oxygen atoms in total. The van der Waals surface area contributed by atoms with Gasteiger partial charge in [0.15, 0.2) is 5.82 Å². The van der Waals surface area contributed by atoms with Gasteiger partial charge < -0.3 is 0 Å². The maximum Gasteiger partial charge on any atom is 0.217 e. The maximum absolute atomic E-state index is 11.3. The van der Waals surface area contributed by atoms with E-state index in [0.717, 1.165) is 37.3 Å². The molecule has 0 saturated carbocycles. The van der Waals surface area contributed by atoms with Crippen molar-refractivity contribution in [2.45, 2.75) is 26.4 Å². The van der Waals surface area contributed by atoms with E-state index < -0.39 is 10.0 Å². The molecule has 142 valence electrons. The third-order valence-corrected chi connectivity index (χ3v) is 5.59. The Morgan fingerprint density at radius 1 is 1.35 bits per heavy atom. The number of rotatable bonds is 6. The molecule has 26 heavy (non-hydrogen) atoms. The second-order valence-corrected chi connectivity index (χ2v) is 9.19. The highest BCUT2D eigenvalue weighted by molar-refractivity contribution is 7.88. The van der Waals surface area contributed by atoms with Crippen molar-refractivity contribution < 1.29 is 8.42 Å². The van der Waals surface area contributed by atoms with E-state index in [2.05, 4.69) is 38.8 Å². The summed E-state index contributed by atoms with van der Waals surface area (Å²) in [7, 11) is -3.14. The number of hydrogen-bond donors (Lipinski definition) is 2. The molecule has 1 aromatic heterocycles. The van der Waals surface area contributed by atoms with Crippen LogP contribution >= 0.6 is 12.2 Å². The first kappa shape index (κ1) is 19.2. The van der Waals surface area contributed by atoms with Crippen LogP contribution in [0.2, 0.25) is 0 Å². The predicted molar refractivity (Wildman–Crippen MR) is 105 cm³/mol. The minimum absolute atomic E-state index is 0.312. The summed E-state index contributed by atoms with van der Waals surface area (Å²) in [5.74, 6) is 1.08.